The number of alkyl halides is 3. The Balaban J connectivity index is 0.00000341. The first-order chi connectivity index (χ1) is 14.3. The molecule has 3 rings (SSSR count). The zero-order valence-electron chi connectivity index (χ0n) is 18.4. The highest BCUT2D eigenvalue weighted by atomic mass is 127. The summed E-state index contributed by atoms with van der Waals surface area (Å²) in [5, 5.41) is 6.52. The number of hydrogen-bond donors (Lipinski definition) is 2. The Bertz CT molecular complexity index is 695. The van der Waals surface area contributed by atoms with E-state index < -0.39 is 12.7 Å². The number of aliphatic imine (C=N–C) groups is 1. The minimum absolute atomic E-state index is 0. The Kier molecular flexibility index (Phi) is 10.3. The third-order valence-corrected chi connectivity index (χ3v) is 6.05. The van der Waals surface area contributed by atoms with Crippen LogP contribution in [0.5, 0.6) is 0 Å². The van der Waals surface area contributed by atoms with Crippen molar-refractivity contribution < 1.29 is 13.2 Å². The van der Waals surface area contributed by atoms with Gasteiger partial charge in [0.05, 0.1) is 6.54 Å². The molecule has 0 bridgehead atoms. The summed E-state index contributed by atoms with van der Waals surface area (Å²) in [5.41, 5.74) is 2.48. The van der Waals surface area contributed by atoms with Gasteiger partial charge in [0, 0.05) is 45.3 Å². The second kappa shape index (κ2) is 12.2. The number of rotatable bonds is 6. The van der Waals surface area contributed by atoms with Crippen LogP contribution in [0.3, 0.4) is 0 Å². The van der Waals surface area contributed by atoms with Gasteiger partial charge in [-0.05, 0) is 43.9 Å². The summed E-state index contributed by atoms with van der Waals surface area (Å²) in [6.07, 6.45) is 0.433. The predicted octanol–water partition coefficient (Wildman–Crippen LogP) is 3.98. The number of hydrogen-bond acceptors (Lipinski definition) is 3. The number of benzene rings is 1. The summed E-state index contributed by atoms with van der Waals surface area (Å²) in [6.45, 7) is 5.08. The zero-order valence-corrected chi connectivity index (χ0v) is 20.7. The molecule has 2 unspecified atom stereocenters. The van der Waals surface area contributed by atoms with Gasteiger partial charge in [0.25, 0.3) is 0 Å². The van der Waals surface area contributed by atoms with E-state index in [1.165, 1.54) is 36.3 Å². The van der Waals surface area contributed by atoms with Crippen LogP contribution in [0.15, 0.2) is 29.3 Å². The topological polar surface area (TPSA) is 42.9 Å². The maximum absolute atomic E-state index is 12.5. The molecule has 0 amide bonds. The SMILES string of the molecule is CN=C(NCc1ccc(CN2CCCCC2C)cc1)NC1CCN(CC(F)(F)F)C1.I. The normalized spacial score (nSPS) is 23.5. The molecule has 1 aromatic carbocycles. The second-order valence-electron chi connectivity index (χ2n) is 8.54. The van der Waals surface area contributed by atoms with E-state index in [-0.39, 0.29) is 30.0 Å². The number of guanidine groups is 1. The first-order valence-corrected chi connectivity index (χ1v) is 10.9. The molecule has 0 aliphatic carbocycles. The average molecular weight is 553 g/mol. The lowest BCUT2D eigenvalue weighted by Crippen LogP contribution is -2.44. The Morgan fingerprint density at radius 2 is 1.81 bits per heavy atom. The minimum Gasteiger partial charge on any atom is -0.352 e. The van der Waals surface area contributed by atoms with E-state index in [1.54, 1.807) is 7.05 Å². The molecule has 2 aliphatic rings. The minimum atomic E-state index is -4.15. The Hall–Kier alpha value is -1.07. The van der Waals surface area contributed by atoms with Crippen molar-refractivity contribution in [1.82, 2.24) is 20.4 Å². The number of nitrogens with zero attached hydrogens (tertiary/aromatic N) is 3. The molecule has 31 heavy (non-hydrogen) atoms. The molecule has 5 nitrogen and oxygen atoms in total. The van der Waals surface area contributed by atoms with Gasteiger partial charge in [0.2, 0.25) is 0 Å². The summed E-state index contributed by atoms with van der Waals surface area (Å²) in [7, 11) is 1.68. The fraction of sp³-hybridized carbons (Fsp3) is 0.682. The standard InChI is InChI=1S/C22H34F3N5.HI/c1-17-5-3-4-11-30(17)14-19-8-6-18(7-9-19)13-27-21(26-2)28-20-10-12-29(15-20)16-22(23,24)25;/h6-9,17,20H,3-5,10-16H2,1-2H3,(H2,26,27,28);1H. The maximum atomic E-state index is 12.5. The Morgan fingerprint density at radius 1 is 1.10 bits per heavy atom. The lowest BCUT2D eigenvalue weighted by atomic mass is 10.0. The van der Waals surface area contributed by atoms with Crippen LogP contribution in [0.2, 0.25) is 0 Å². The first kappa shape index (κ1) is 26.2. The van der Waals surface area contributed by atoms with E-state index in [0.717, 1.165) is 12.1 Å². The van der Waals surface area contributed by atoms with E-state index in [9.17, 15) is 13.2 Å². The zero-order chi connectivity index (χ0) is 21.6. The van der Waals surface area contributed by atoms with E-state index in [2.05, 4.69) is 51.7 Å². The molecule has 0 saturated carbocycles. The number of halogens is 4. The molecular formula is C22H35F3IN5. The molecule has 2 heterocycles. The van der Waals surface area contributed by atoms with Crippen LogP contribution in [0.1, 0.15) is 43.7 Å². The molecule has 2 N–H and O–H groups in total. The van der Waals surface area contributed by atoms with Crippen molar-refractivity contribution in [3.63, 3.8) is 0 Å². The average Bonchev–Trinajstić information content (AvgIpc) is 3.13. The van der Waals surface area contributed by atoms with E-state index in [4.69, 9.17) is 0 Å². The van der Waals surface area contributed by atoms with Crippen LogP contribution < -0.4 is 10.6 Å². The largest absolute Gasteiger partial charge is 0.401 e. The third kappa shape index (κ3) is 8.76. The van der Waals surface area contributed by atoms with Gasteiger partial charge in [-0.2, -0.15) is 13.2 Å². The van der Waals surface area contributed by atoms with Gasteiger partial charge in [0.15, 0.2) is 5.96 Å². The number of nitrogens with one attached hydrogen (secondary N) is 2. The predicted molar refractivity (Wildman–Crippen MR) is 130 cm³/mol. The molecule has 2 saturated heterocycles. The van der Waals surface area contributed by atoms with Gasteiger partial charge in [-0.15, -0.1) is 24.0 Å². The Morgan fingerprint density at radius 3 is 2.45 bits per heavy atom. The van der Waals surface area contributed by atoms with Crippen molar-refractivity contribution in [1.29, 1.82) is 0 Å². The molecular weight excluding hydrogens is 518 g/mol. The van der Waals surface area contributed by atoms with Gasteiger partial charge in [-0.3, -0.25) is 14.8 Å². The van der Waals surface area contributed by atoms with Crippen molar-refractivity contribution in [2.75, 3.05) is 33.2 Å². The summed E-state index contributed by atoms with van der Waals surface area (Å²) in [5.74, 6) is 0.625. The molecule has 9 heteroatoms. The van der Waals surface area contributed by atoms with E-state index in [1.807, 2.05) is 0 Å². The van der Waals surface area contributed by atoms with Crippen LogP contribution in [0.25, 0.3) is 0 Å². The molecule has 0 radical (unpaired) electrons. The second-order valence-corrected chi connectivity index (χ2v) is 8.54. The van der Waals surface area contributed by atoms with Crippen LogP contribution in [-0.2, 0) is 13.1 Å². The molecule has 0 aromatic heterocycles. The monoisotopic (exact) mass is 553 g/mol. The molecule has 176 valence electrons. The smallest absolute Gasteiger partial charge is 0.352 e. The fourth-order valence-corrected chi connectivity index (χ4v) is 4.31. The fourth-order valence-electron chi connectivity index (χ4n) is 4.31. The van der Waals surface area contributed by atoms with Crippen molar-refractivity contribution in [3.05, 3.63) is 35.4 Å². The van der Waals surface area contributed by atoms with Crippen LogP contribution in [0, 0.1) is 0 Å². The van der Waals surface area contributed by atoms with E-state index >= 15 is 0 Å². The van der Waals surface area contributed by atoms with Crippen LogP contribution in [-0.4, -0.2) is 67.2 Å². The van der Waals surface area contributed by atoms with Gasteiger partial charge in [-0.25, -0.2) is 0 Å². The summed E-state index contributed by atoms with van der Waals surface area (Å²) < 4.78 is 37.6. The maximum Gasteiger partial charge on any atom is 0.401 e. The van der Waals surface area contributed by atoms with Gasteiger partial charge < -0.3 is 10.6 Å². The number of piperidine rings is 1. The van der Waals surface area contributed by atoms with E-state index in [0.29, 0.717) is 38.1 Å². The van der Waals surface area contributed by atoms with Crippen molar-refractivity contribution >= 4 is 29.9 Å². The lowest BCUT2D eigenvalue weighted by molar-refractivity contribution is -0.143. The summed E-state index contributed by atoms with van der Waals surface area (Å²) in [4.78, 5) is 8.20. The first-order valence-electron chi connectivity index (χ1n) is 10.9. The van der Waals surface area contributed by atoms with Crippen LogP contribution >= 0.6 is 24.0 Å². The highest BCUT2D eigenvalue weighted by Gasteiger charge is 2.34. The van der Waals surface area contributed by atoms with Gasteiger partial charge in [0.1, 0.15) is 0 Å². The summed E-state index contributed by atoms with van der Waals surface area (Å²) in [6, 6.07) is 9.25. The molecule has 1 aromatic rings. The quantitative estimate of drug-likeness (QED) is 0.318. The Labute approximate surface area is 200 Å². The lowest BCUT2D eigenvalue weighted by Gasteiger charge is -2.33. The molecule has 2 atom stereocenters. The molecule has 2 fully saturated rings. The van der Waals surface area contributed by atoms with Gasteiger partial charge >= 0.3 is 6.18 Å². The highest BCUT2D eigenvalue weighted by Crippen LogP contribution is 2.20. The molecule has 2 aliphatic heterocycles. The molecule has 0 spiro atoms. The highest BCUT2D eigenvalue weighted by molar-refractivity contribution is 14.0. The summed E-state index contributed by atoms with van der Waals surface area (Å²) >= 11 is 0. The van der Waals surface area contributed by atoms with Crippen molar-refractivity contribution in [2.24, 2.45) is 4.99 Å². The van der Waals surface area contributed by atoms with Crippen molar-refractivity contribution in [3.8, 4) is 0 Å². The van der Waals surface area contributed by atoms with Crippen molar-refractivity contribution in [2.45, 2.75) is 64.0 Å². The van der Waals surface area contributed by atoms with Crippen LogP contribution in [0.4, 0.5) is 13.2 Å². The number of likely N-dealkylation sites (tertiary alicyclic amines) is 2. The van der Waals surface area contributed by atoms with Gasteiger partial charge in [-0.1, -0.05) is 30.7 Å². The third-order valence-electron chi connectivity index (χ3n) is 6.05.